The second kappa shape index (κ2) is 7.48. The molecule has 5 nitrogen and oxygen atoms in total. The van der Waals surface area contributed by atoms with Gasteiger partial charge in [0.05, 0.1) is 5.56 Å². The Morgan fingerprint density at radius 1 is 1.00 bits per heavy atom. The Morgan fingerprint density at radius 2 is 1.83 bits per heavy atom. The van der Waals surface area contributed by atoms with Crippen LogP contribution in [0.25, 0.3) is 33.2 Å². The standard InChI is InChI=1S/C24H16FNO4/c25-21-8-4-3-7-19(21)24-26-16(14-29-24)13-28-23(27)12-17-11-20-18-6-2-1-5-15(18)9-10-22(20)30-17/h1-11,14H,12-13H2. The molecule has 0 aliphatic carbocycles. The topological polar surface area (TPSA) is 65.5 Å². The Morgan fingerprint density at radius 3 is 2.73 bits per heavy atom. The molecule has 0 bridgehead atoms. The maximum Gasteiger partial charge on any atom is 0.313 e. The number of esters is 1. The van der Waals surface area contributed by atoms with Crippen LogP contribution in [0.1, 0.15) is 11.5 Å². The van der Waals surface area contributed by atoms with E-state index in [1.807, 2.05) is 42.5 Å². The van der Waals surface area contributed by atoms with Crippen molar-refractivity contribution in [3.63, 3.8) is 0 Å². The lowest BCUT2D eigenvalue weighted by molar-refractivity contribution is -0.144. The summed E-state index contributed by atoms with van der Waals surface area (Å²) >= 11 is 0. The molecule has 0 radical (unpaired) electrons. The number of fused-ring (bicyclic) bond motifs is 3. The molecule has 0 atom stereocenters. The van der Waals surface area contributed by atoms with Gasteiger partial charge >= 0.3 is 5.97 Å². The lowest BCUT2D eigenvalue weighted by atomic mass is 10.1. The maximum atomic E-state index is 13.8. The molecule has 0 aliphatic rings. The SMILES string of the molecule is O=C(Cc1cc2c(ccc3ccccc32)o1)OCc1coc(-c2ccccc2F)n1. The van der Waals surface area contributed by atoms with Crippen LogP contribution in [0.2, 0.25) is 0 Å². The number of carbonyl (C=O) groups excluding carboxylic acids is 1. The number of halogens is 1. The molecule has 5 aromatic rings. The summed E-state index contributed by atoms with van der Waals surface area (Å²) in [7, 11) is 0. The fourth-order valence-electron chi connectivity index (χ4n) is 3.41. The van der Waals surface area contributed by atoms with Crippen molar-refractivity contribution in [3.8, 4) is 11.5 Å². The molecule has 2 aromatic heterocycles. The summed E-state index contributed by atoms with van der Waals surface area (Å²) in [5.41, 5.74) is 1.38. The van der Waals surface area contributed by atoms with E-state index in [4.69, 9.17) is 13.6 Å². The first-order valence-corrected chi connectivity index (χ1v) is 9.42. The molecule has 0 fully saturated rings. The average molecular weight is 401 g/mol. The summed E-state index contributed by atoms with van der Waals surface area (Å²) in [6.07, 6.45) is 1.35. The minimum absolute atomic E-state index is 0.00102. The van der Waals surface area contributed by atoms with Crippen molar-refractivity contribution in [2.24, 2.45) is 0 Å². The monoisotopic (exact) mass is 401 g/mol. The Labute approximate surface area is 170 Å². The average Bonchev–Trinajstić information content (AvgIpc) is 3.39. The Kier molecular flexibility index (Phi) is 4.52. The summed E-state index contributed by atoms with van der Waals surface area (Å²) in [5.74, 6) is -0.212. The third kappa shape index (κ3) is 3.43. The lowest BCUT2D eigenvalue weighted by Crippen LogP contribution is -2.07. The van der Waals surface area contributed by atoms with Crippen LogP contribution in [0, 0.1) is 5.82 Å². The summed E-state index contributed by atoms with van der Waals surface area (Å²) in [6, 6.07) is 19.9. The Hall–Kier alpha value is -3.93. The number of nitrogens with zero attached hydrogens (tertiary/aromatic N) is 1. The highest BCUT2D eigenvalue weighted by Crippen LogP contribution is 2.28. The van der Waals surface area contributed by atoms with Gasteiger partial charge in [0.25, 0.3) is 0 Å². The van der Waals surface area contributed by atoms with Gasteiger partial charge in [0.15, 0.2) is 0 Å². The van der Waals surface area contributed by atoms with Crippen LogP contribution >= 0.6 is 0 Å². The second-order valence-corrected chi connectivity index (χ2v) is 6.87. The summed E-state index contributed by atoms with van der Waals surface area (Å²) in [4.78, 5) is 16.4. The number of oxazole rings is 1. The lowest BCUT2D eigenvalue weighted by Gasteiger charge is -2.00. The zero-order valence-corrected chi connectivity index (χ0v) is 15.8. The van der Waals surface area contributed by atoms with Gasteiger partial charge in [-0.1, -0.05) is 42.5 Å². The van der Waals surface area contributed by atoms with Crippen LogP contribution in [0.3, 0.4) is 0 Å². The van der Waals surface area contributed by atoms with E-state index >= 15 is 0 Å². The van der Waals surface area contributed by atoms with Crippen molar-refractivity contribution in [1.29, 1.82) is 0 Å². The number of carbonyl (C=O) groups is 1. The molecule has 0 N–H and O–H groups in total. The molecular weight excluding hydrogens is 385 g/mol. The molecular formula is C24H16FNO4. The van der Waals surface area contributed by atoms with Gasteiger partial charge < -0.3 is 13.6 Å². The van der Waals surface area contributed by atoms with E-state index in [-0.39, 0.29) is 24.5 Å². The Bertz CT molecular complexity index is 1370. The van der Waals surface area contributed by atoms with Crippen molar-refractivity contribution in [2.75, 3.05) is 0 Å². The van der Waals surface area contributed by atoms with Crippen molar-refractivity contribution < 1.29 is 22.8 Å². The van der Waals surface area contributed by atoms with Crippen molar-refractivity contribution >= 4 is 27.7 Å². The highest BCUT2D eigenvalue weighted by Gasteiger charge is 2.15. The third-order valence-electron chi connectivity index (χ3n) is 4.83. The maximum absolute atomic E-state index is 13.8. The molecule has 148 valence electrons. The van der Waals surface area contributed by atoms with Gasteiger partial charge in [-0.25, -0.2) is 9.37 Å². The van der Waals surface area contributed by atoms with Gasteiger partial charge in [-0.05, 0) is 35.0 Å². The first-order valence-electron chi connectivity index (χ1n) is 9.42. The molecule has 0 aliphatic heterocycles. The van der Waals surface area contributed by atoms with E-state index < -0.39 is 11.8 Å². The molecule has 2 heterocycles. The van der Waals surface area contributed by atoms with E-state index in [0.29, 0.717) is 11.5 Å². The van der Waals surface area contributed by atoms with E-state index in [1.165, 1.54) is 12.3 Å². The van der Waals surface area contributed by atoms with Crippen LogP contribution in [0.5, 0.6) is 0 Å². The molecule has 0 amide bonds. The highest BCUT2D eigenvalue weighted by molar-refractivity contribution is 6.06. The van der Waals surface area contributed by atoms with Crippen LogP contribution < -0.4 is 0 Å². The highest BCUT2D eigenvalue weighted by atomic mass is 19.1. The number of ether oxygens (including phenoxy) is 1. The predicted molar refractivity (Wildman–Crippen MR) is 109 cm³/mol. The van der Waals surface area contributed by atoms with Crippen molar-refractivity contribution in [2.45, 2.75) is 13.0 Å². The molecule has 0 saturated carbocycles. The fourth-order valence-corrected chi connectivity index (χ4v) is 3.41. The van der Waals surface area contributed by atoms with Gasteiger partial charge in [0.1, 0.15) is 42.1 Å². The zero-order chi connectivity index (χ0) is 20.5. The van der Waals surface area contributed by atoms with Gasteiger partial charge in [-0.2, -0.15) is 0 Å². The van der Waals surface area contributed by atoms with Crippen LogP contribution in [-0.2, 0) is 22.6 Å². The van der Waals surface area contributed by atoms with Crippen LogP contribution in [-0.4, -0.2) is 11.0 Å². The molecule has 5 rings (SSSR count). The quantitative estimate of drug-likeness (QED) is 0.355. The van der Waals surface area contributed by atoms with E-state index in [1.54, 1.807) is 18.2 Å². The second-order valence-electron chi connectivity index (χ2n) is 6.87. The smallest absolute Gasteiger partial charge is 0.313 e. The van der Waals surface area contributed by atoms with Crippen LogP contribution in [0.15, 0.2) is 81.8 Å². The number of rotatable bonds is 5. The normalized spacial score (nSPS) is 11.2. The first-order chi connectivity index (χ1) is 14.7. The Balaban J connectivity index is 1.27. The predicted octanol–water partition coefficient (Wildman–Crippen LogP) is 5.67. The first kappa shape index (κ1) is 18.1. The van der Waals surface area contributed by atoms with Crippen LogP contribution in [0.4, 0.5) is 4.39 Å². The molecule has 6 heteroatoms. The van der Waals surface area contributed by atoms with E-state index in [2.05, 4.69) is 4.98 Å². The molecule has 0 spiro atoms. The number of aromatic nitrogens is 1. The summed E-state index contributed by atoms with van der Waals surface area (Å²) in [6.45, 7) is -0.0695. The number of hydrogen-bond acceptors (Lipinski definition) is 5. The minimum atomic E-state index is -0.450. The molecule has 30 heavy (non-hydrogen) atoms. The van der Waals surface area contributed by atoms with Crippen molar-refractivity contribution in [3.05, 3.63) is 90.3 Å². The largest absolute Gasteiger partial charge is 0.460 e. The minimum Gasteiger partial charge on any atom is -0.460 e. The van der Waals surface area contributed by atoms with E-state index in [9.17, 15) is 9.18 Å². The molecule has 3 aromatic carbocycles. The number of hydrogen-bond donors (Lipinski definition) is 0. The zero-order valence-electron chi connectivity index (χ0n) is 15.8. The van der Waals surface area contributed by atoms with Crippen molar-refractivity contribution in [1.82, 2.24) is 4.98 Å². The third-order valence-corrected chi connectivity index (χ3v) is 4.83. The summed E-state index contributed by atoms with van der Waals surface area (Å²) < 4.78 is 30.2. The van der Waals surface area contributed by atoms with Gasteiger partial charge in [0, 0.05) is 5.39 Å². The fraction of sp³-hybridized carbons (Fsp3) is 0.0833. The van der Waals surface area contributed by atoms with Gasteiger partial charge in [-0.15, -0.1) is 0 Å². The molecule has 0 unspecified atom stereocenters. The number of benzene rings is 3. The molecule has 0 saturated heterocycles. The van der Waals surface area contributed by atoms with E-state index in [0.717, 1.165) is 21.7 Å². The van der Waals surface area contributed by atoms with Gasteiger partial charge in [-0.3, -0.25) is 4.79 Å². The number of furan rings is 1. The van der Waals surface area contributed by atoms with Gasteiger partial charge in [0.2, 0.25) is 5.89 Å². The summed E-state index contributed by atoms with van der Waals surface area (Å²) in [5, 5.41) is 3.14.